The molecular formula is C23H33IN4O3S. The molecule has 0 radical (unpaired) electrons. The number of fused-ring (bicyclic) bond motifs is 1. The van der Waals surface area contributed by atoms with Gasteiger partial charge in [-0.25, -0.2) is 0 Å². The van der Waals surface area contributed by atoms with Gasteiger partial charge in [-0.15, -0.1) is 35.3 Å². The highest BCUT2D eigenvalue weighted by molar-refractivity contribution is 14.0. The highest BCUT2D eigenvalue weighted by atomic mass is 127. The summed E-state index contributed by atoms with van der Waals surface area (Å²) in [6.07, 6.45) is 1.14. The van der Waals surface area contributed by atoms with Crippen LogP contribution in [0, 0.1) is 0 Å². The molecule has 0 bridgehead atoms. The van der Waals surface area contributed by atoms with Crippen LogP contribution in [0.3, 0.4) is 0 Å². The summed E-state index contributed by atoms with van der Waals surface area (Å²) in [5.41, 5.74) is 2.26. The van der Waals surface area contributed by atoms with Gasteiger partial charge in [-0.2, -0.15) is 0 Å². The molecule has 2 aliphatic rings. The summed E-state index contributed by atoms with van der Waals surface area (Å²) in [6.45, 7) is 6.94. The van der Waals surface area contributed by atoms with Crippen LogP contribution >= 0.6 is 35.3 Å². The molecule has 2 N–H and O–H groups in total. The van der Waals surface area contributed by atoms with E-state index in [1.165, 1.54) is 10.4 Å². The van der Waals surface area contributed by atoms with Crippen molar-refractivity contribution in [2.24, 2.45) is 4.99 Å². The van der Waals surface area contributed by atoms with Crippen LogP contribution in [0.15, 0.2) is 34.6 Å². The van der Waals surface area contributed by atoms with Gasteiger partial charge < -0.3 is 24.8 Å². The molecule has 0 saturated carbocycles. The highest BCUT2D eigenvalue weighted by Crippen LogP contribution is 2.35. The normalized spacial score (nSPS) is 19.5. The summed E-state index contributed by atoms with van der Waals surface area (Å²) < 4.78 is 17.1. The van der Waals surface area contributed by atoms with Crippen molar-refractivity contribution in [3.05, 3.63) is 45.6 Å². The molecule has 1 aromatic carbocycles. The molecule has 3 heterocycles. The number of halogens is 1. The Bertz CT molecular complexity index is 888. The van der Waals surface area contributed by atoms with Gasteiger partial charge in [0.15, 0.2) is 5.96 Å². The van der Waals surface area contributed by atoms with E-state index in [1.54, 1.807) is 25.5 Å². The Hall–Kier alpha value is -1.56. The van der Waals surface area contributed by atoms with Crippen LogP contribution in [-0.4, -0.2) is 64.0 Å². The third kappa shape index (κ3) is 6.06. The lowest BCUT2D eigenvalue weighted by Gasteiger charge is -2.34. The first-order chi connectivity index (χ1) is 15.2. The quantitative estimate of drug-likeness (QED) is 0.301. The maximum atomic E-state index is 5.92. The molecule has 4 rings (SSSR count). The van der Waals surface area contributed by atoms with Crippen LogP contribution in [0.4, 0.5) is 0 Å². The van der Waals surface area contributed by atoms with E-state index in [1.807, 2.05) is 0 Å². The molecule has 0 aliphatic carbocycles. The first-order valence-corrected chi connectivity index (χ1v) is 11.7. The maximum absolute atomic E-state index is 5.92. The van der Waals surface area contributed by atoms with Crippen LogP contribution < -0.4 is 20.1 Å². The minimum Gasteiger partial charge on any atom is -0.496 e. The van der Waals surface area contributed by atoms with Crippen molar-refractivity contribution < 1.29 is 14.2 Å². The third-order valence-corrected chi connectivity index (χ3v) is 6.76. The average Bonchev–Trinajstić information content (AvgIpc) is 3.44. The van der Waals surface area contributed by atoms with E-state index in [0.29, 0.717) is 12.6 Å². The van der Waals surface area contributed by atoms with Crippen molar-refractivity contribution in [2.75, 3.05) is 47.0 Å². The number of rotatable bonds is 7. The number of morpholine rings is 1. The molecule has 1 aromatic heterocycles. The van der Waals surface area contributed by atoms with E-state index in [4.69, 9.17) is 14.2 Å². The zero-order valence-corrected chi connectivity index (χ0v) is 22.1. The topological polar surface area (TPSA) is 67.4 Å². The van der Waals surface area contributed by atoms with Gasteiger partial charge in [-0.05, 0) is 30.5 Å². The van der Waals surface area contributed by atoms with Gasteiger partial charge in [0.05, 0.1) is 26.4 Å². The number of nitrogens with one attached hydrogen (secondary N) is 2. The minimum atomic E-state index is 0. The fourth-order valence-corrected chi connectivity index (χ4v) is 5.04. The van der Waals surface area contributed by atoms with Crippen LogP contribution in [0.25, 0.3) is 0 Å². The highest BCUT2D eigenvalue weighted by Gasteiger charge is 2.24. The van der Waals surface area contributed by atoms with Crippen molar-refractivity contribution >= 4 is 41.3 Å². The Labute approximate surface area is 211 Å². The van der Waals surface area contributed by atoms with Gasteiger partial charge in [0.1, 0.15) is 17.6 Å². The van der Waals surface area contributed by atoms with E-state index in [9.17, 15) is 0 Å². The number of hydrogen-bond acceptors (Lipinski definition) is 6. The number of ether oxygens (including phenoxy) is 3. The molecule has 2 aliphatic heterocycles. The first-order valence-electron chi connectivity index (χ1n) is 10.8. The van der Waals surface area contributed by atoms with Gasteiger partial charge in [-0.3, -0.25) is 9.89 Å². The molecule has 2 unspecified atom stereocenters. The molecule has 0 spiro atoms. The van der Waals surface area contributed by atoms with E-state index >= 15 is 0 Å². The van der Waals surface area contributed by atoms with Gasteiger partial charge in [0, 0.05) is 55.7 Å². The average molecular weight is 573 g/mol. The SMILES string of the molecule is CN=C(NCc1cc2c(cc1OC)CC(C)O2)NCC(c1cccs1)N1CCOCC1.I. The lowest BCUT2D eigenvalue weighted by Crippen LogP contribution is -2.46. The van der Waals surface area contributed by atoms with E-state index < -0.39 is 0 Å². The van der Waals surface area contributed by atoms with Crippen LogP contribution in [0.1, 0.15) is 29.0 Å². The Balaban J connectivity index is 0.00000289. The van der Waals surface area contributed by atoms with Crippen molar-refractivity contribution in [3.63, 3.8) is 0 Å². The van der Waals surface area contributed by atoms with Gasteiger partial charge in [0.2, 0.25) is 0 Å². The predicted octanol–water partition coefficient (Wildman–Crippen LogP) is 3.44. The summed E-state index contributed by atoms with van der Waals surface area (Å²) >= 11 is 1.80. The van der Waals surface area contributed by atoms with Crippen molar-refractivity contribution in [3.8, 4) is 11.5 Å². The summed E-state index contributed by atoms with van der Waals surface area (Å²) in [6, 6.07) is 8.80. The second-order valence-corrected chi connectivity index (χ2v) is 8.87. The van der Waals surface area contributed by atoms with Crippen molar-refractivity contribution in [2.45, 2.75) is 32.0 Å². The molecule has 1 fully saturated rings. The largest absolute Gasteiger partial charge is 0.496 e. The molecule has 9 heteroatoms. The number of hydrogen-bond donors (Lipinski definition) is 2. The summed E-state index contributed by atoms with van der Waals surface area (Å²) in [7, 11) is 3.51. The summed E-state index contributed by atoms with van der Waals surface area (Å²) in [5.74, 6) is 2.61. The third-order valence-electron chi connectivity index (χ3n) is 5.79. The Kier molecular flexibility index (Phi) is 9.45. The second-order valence-electron chi connectivity index (χ2n) is 7.89. The zero-order chi connectivity index (χ0) is 21.6. The van der Waals surface area contributed by atoms with Gasteiger partial charge >= 0.3 is 0 Å². The summed E-state index contributed by atoms with van der Waals surface area (Å²) in [5, 5.41) is 9.08. The number of thiophene rings is 1. The Morgan fingerprint density at radius 1 is 1.31 bits per heavy atom. The monoisotopic (exact) mass is 572 g/mol. The van der Waals surface area contributed by atoms with Crippen LogP contribution in [-0.2, 0) is 17.7 Å². The van der Waals surface area contributed by atoms with E-state index in [-0.39, 0.29) is 30.1 Å². The standard InChI is InChI=1S/C23H32N4O3S.HI/c1-16-11-17-12-20(28-3)18(13-21(17)30-16)14-25-23(24-2)26-15-19(22-5-4-10-31-22)27-6-8-29-9-7-27;/h4-5,10,12-13,16,19H,6-9,11,14-15H2,1-3H3,(H2,24,25,26);1H. The van der Waals surface area contributed by atoms with Crippen molar-refractivity contribution in [1.29, 1.82) is 0 Å². The Morgan fingerprint density at radius 3 is 2.81 bits per heavy atom. The molecule has 0 amide bonds. The minimum absolute atomic E-state index is 0. The maximum Gasteiger partial charge on any atom is 0.191 e. The lowest BCUT2D eigenvalue weighted by molar-refractivity contribution is 0.0177. The van der Waals surface area contributed by atoms with Gasteiger partial charge in [-0.1, -0.05) is 6.07 Å². The number of guanidine groups is 1. The molecule has 176 valence electrons. The Morgan fingerprint density at radius 2 is 2.12 bits per heavy atom. The molecule has 7 nitrogen and oxygen atoms in total. The number of methoxy groups -OCH3 is 1. The van der Waals surface area contributed by atoms with E-state index in [2.05, 4.69) is 57.1 Å². The lowest BCUT2D eigenvalue weighted by atomic mass is 10.1. The molecule has 2 aromatic rings. The number of nitrogens with zero attached hydrogens (tertiary/aromatic N) is 2. The zero-order valence-electron chi connectivity index (χ0n) is 18.9. The fourth-order valence-electron chi connectivity index (χ4n) is 4.18. The smallest absolute Gasteiger partial charge is 0.191 e. The van der Waals surface area contributed by atoms with Crippen molar-refractivity contribution in [1.82, 2.24) is 15.5 Å². The first kappa shape index (κ1) is 25.1. The molecular weight excluding hydrogens is 539 g/mol. The number of aliphatic imine (C=N–C) groups is 1. The molecule has 2 atom stereocenters. The number of benzene rings is 1. The van der Waals surface area contributed by atoms with E-state index in [0.717, 1.165) is 62.3 Å². The van der Waals surface area contributed by atoms with Crippen LogP contribution in [0.5, 0.6) is 11.5 Å². The predicted molar refractivity (Wildman–Crippen MR) is 140 cm³/mol. The fraction of sp³-hybridized carbons (Fsp3) is 0.522. The second kappa shape index (κ2) is 12.1. The van der Waals surface area contributed by atoms with Crippen LogP contribution in [0.2, 0.25) is 0 Å². The van der Waals surface area contributed by atoms with Gasteiger partial charge in [0.25, 0.3) is 0 Å². The molecule has 32 heavy (non-hydrogen) atoms. The molecule has 1 saturated heterocycles. The summed E-state index contributed by atoms with van der Waals surface area (Å²) in [4.78, 5) is 8.27.